The average Bonchev–Trinajstić information content (AvgIpc) is 3.06. The molecule has 0 aromatic heterocycles. The fraction of sp³-hybridized carbons (Fsp3) is 0.500. The molecule has 3 rings (SSSR count). The smallest absolute Gasteiger partial charge is 0.410 e. The maximum absolute atomic E-state index is 12.2. The SMILES string of the molecule is O=C(O)CC1CS(=O)(=O)C2CN(C(=O)OCc3ccccc3)CC12. The molecule has 3 unspecified atom stereocenters. The van der Waals surface area contributed by atoms with E-state index in [9.17, 15) is 18.0 Å². The molecule has 0 radical (unpaired) electrons. The molecule has 1 aromatic carbocycles. The van der Waals surface area contributed by atoms with Crippen molar-refractivity contribution in [2.24, 2.45) is 11.8 Å². The van der Waals surface area contributed by atoms with Crippen LogP contribution in [0.2, 0.25) is 0 Å². The van der Waals surface area contributed by atoms with E-state index < -0.39 is 33.1 Å². The van der Waals surface area contributed by atoms with Crippen LogP contribution in [0.3, 0.4) is 0 Å². The number of sulfone groups is 1. The van der Waals surface area contributed by atoms with Gasteiger partial charge in [-0.15, -0.1) is 0 Å². The number of rotatable bonds is 4. The lowest BCUT2D eigenvalue weighted by atomic mass is 9.91. The Kier molecular flexibility index (Phi) is 4.49. The van der Waals surface area contributed by atoms with Crippen LogP contribution in [-0.4, -0.2) is 54.6 Å². The molecular formula is C16H19NO6S. The monoisotopic (exact) mass is 353 g/mol. The first-order valence-electron chi connectivity index (χ1n) is 7.76. The molecule has 130 valence electrons. The number of carboxylic acid groups (broad SMARTS) is 1. The molecule has 2 heterocycles. The van der Waals surface area contributed by atoms with Crippen LogP contribution in [0.4, 0.5) is 4.79 Å². The van der Waals surface area contributed by atoms with E-state index in [0.717, 1.165) is 5.56 Å². The molecular weight excluding hydrogens is 334 g/mol. The summed E-state index contributed by atoms with van der Waals surface area (Å²) >= 11 is 0. The zero-order valence-electron chi connectivity index (χ0n) is 13.0. The molecule has 1 aromatic rings. The number of fused-ring (bicyclic) bond motifs is 1. The zero-order valence-corrected chi connectivity index (χ0v) is 13.8. The highest BCUT2D eigenvalue weighted by molar-refractivity contribution is 7.92. The third-order valence-corrected chi connectivity index (χ3v) is 7.04. The van der Waals surface area contributed by atoms with Crippen LogP contribution in [0.25, 0.3) is 0 Å². The fourth-order valence-electron chi connectivity index (χ4n) is 3.57. The van der Waals surface area contributed by atoms with Crippen LogP contribution >= 0.6 is 0 Å². The van der Waals surface area contributed by atoms with Gasteiger partial charge >= 0.3 is 12.1 Å². The summed E-state index contributed by atoms with van der Waals surface area (Å²) in [7, 11) is -3.36. The molecule has 2 aliphatic rings. The summed E-state index contributed by atoms with van der Waals surface area (Å²) in [4.78, 5) is 24.5. The van der Waals surface area contributed by atoms with Gasteiger partial charge in [0.1, 0.15) is 6.61 Å². The third kappa shape index (κ3) is 3.38. The summed E-state index contributed by atoms with van der Waals surface area (Å²) < 4.78 is 29.7. The molecule has 2 aliphatic heterocycles. The van der Waals surface area contributed by atoms with Crippen LogP contribution in [-0.2, 0) is 26.0 Å². The van der Waals surface area contributed by atoms with E-state index in [0.29, 0.717) is 0 Å². The molecule has 0 spiro atoms. The van der Waals surface area contributed by atoms with Crippen molar-refractivity contribution in [1.29, 1.82) is 0 Å². The first kappa shape index (κ1) is 16.8. The number of benzene rings is 1. The van der Waals surface area contributed by atoms with Crippen LogP contribution in [0, 0.1) is 11.8 Å². The molecule has 0 bridgehead atoms. The Labute approximate surface area is 140 Å². The number of hydrogen-bond acceptors (Lipinski definition) is 5. The first-order chi connectivity index (χ1) is 11.4. The Morgan fingerprint density at radius 1 is 1.21 bits per heavy atom. The lowest BCUT2D eigenvalue weighted by Crippen LogP contribution is -2.33. The van der Waals surface area contributed by atoms with Crippen molar-refractivity contribution < 1.29 is 27.9 Å². The molecule has 1 N–H and O–H groups in total. The maximum atomic E-state index is 12.2. The summed E-state index contributed by atoms with van der Waals surface area (Å²) in [5.41, 5.74) is 0.849. The average molecular weight is 353 g/mol. The predicted octanol–water partition coefficient (Wildman–Crippen LogP) is 1.14. The topological polar surface area (TPSA) is 101 Å². The Morgan fingerprint density at radius 2 is 1.92 bits per heavy atom. The van der Waals surface area contributed by atoms with E-state index in [4.69, 9.17) is 9.84 Å². The van der Waals surface area contributed by atoms with Gasteiger partial charge in [0.2, 0.25) is 0 Å². The van der Waals surface area contributed by atoms with Gasteiger partial charge in [0.15, 0.2) is 9.84 Å². The Morgan fingerprint density at radius 3 is 2.58 bits per heavy atom. The van der Waals surface area contributed by atoms with Gasteiger partial charge in [0, 0.05) is 19.5 Å². The minimum Gasteiger partial charge on any atom is -0.481 e. The molecule has 0 saturated carbocycles. The van der Waals surface area contributed by atoms with Gasteiger partial charge in [0.05, 0.1) is 11.0 Å². The number of carboxylic acids is 1. The number of hydrogen-bond donors (Lipinski definition) is 1. The highest BCUT2D eigenvalue weighted by Crippen LogP contribution is 2.39. The van der Waals surface area contributed by atoms with Crippen molar-refractivity contribution in [2.45, 2.75) is 18.3 Å². The summed E-state index contributed by atoms with van der Waals surface area (Å²) in [6, 6.07) is 9.21. The maximum Gasteiger partial charge on any atom is 0.410 e. The van der Waals surface area contributed by atoms with Crippen molar-refractivity contribution in [3.05, 3.63) is 35.9 Å². The fourth-order valence-corrected chi connectivity index (χ4v) is 6.03. The number of aliphatic carboxylic acids is 1. The van der Waals surface area contributed by atoms with Crippen molar-refractivity contribution in [1.82, 2.24) is 4.90 Å². The van der Waals surface area contributed by atoms with Crippen LogP contribution in [0.5, 0.6) is 0 Å². The van der Waals surface area contributed by atoms with Crippen LogP contribution in [0.1, 0.15) is 12.0 Å². The van der Waals surface area contributed by atoms with Gasteiger partial charge in [-0.3, -0.25) is 4.79 Å². The molecule has 2 saturated heterocycles. The highest BCUT2D eigenvalue weighted by atomic mass is 32.2. The lowest BCUT2D eigenvalue weighted by molar-refractivity contribution is -0.138. The van der Waals surface area contributed by atoms with E-state index in [-0.39, 0.29) is 37.8 Å². The summed E-state index contributed by atoms with van der Waals surface area (Å²) in [6.07, 6.45) is -0.745. The number of carbonyl (C=O) groups is 2. The van der Waals surface area contributed by atoms with E-state index >= 15 is 0 Å². The predicted molar refractivity (Wildman–Crippen MR) is 85.0 cm³/mol. The number of ether oxygens (including phenoxy) is 1. The Hall–Kier alpha value is -2.09. The normalized spacial score (nSPS) is 27.7. The molecule has 1 amide bonds. The molecule has 0 aliphatic carbocycles. The number of likely N-dealkylation sites (tertiary alicyclic amines) is 1. The molecule has 8 heteroatoms. The number of nitrogens with zero attached hydrogens (tertiary/aromatic N) is 1. The molecule has 2 fully saturated rings. The lowest BCUT2D eigenvalue weighted by Gasteiger charge is -2.19. The third-order valence-electron chi connectivity index (χ3n) is 4.72. The number of amides is 1. The van der Waals surface area contributed by atoms with E-state index in [1.807, 2.05) is 30.3 Å². The zero-order chi connectivity index (χ0) is 17.3. The minimum absolute atomic E-state index is 0.0801. The van der Waals surface area contributed by atoms with Crippen molar-refractivity contribution in [3.63, 3.8) is 0 Å². The second-order valence-corrected chi connectivity index (χ2v) is 8.60. The number of carbonyl (C=O) groups excluding carboxylic acids is 1. The summed E-state index contributed by atoms with van der Waals surface area (Å²) in [6.45, 7) is 0.434. The van der Waals surface area contributed by atoms with Gasteiger partial charge < -0.3 is 14.7 Å². The van der Waals surface area contributed by atoms with Crippen LogP contribution < -0.4 is 0 Å². The Balaban J connectivity index is 1.63. The summed E-state index contributed by atoms with van der Waals surface area (Å²) in [5, 5.41) is 8.27. The molecule has 7 nitrogen and oxygen atoms in total. The van der Waals surface area contributed by atoms with Crippen molar-refractivity contribution in [2.75, 3.05) is 18.8 Å². The second kappa shape index (κ2) is 6.43. The van der Waals surface area contributed by atoms with Crippen LogP contribution in [0.15, 0.2) is 30.3 Å². The minimum atomic E-state index is -3.36. The van der Waals surface area contributed by atoms with E-state index in [1.165, 1.54) is 4.90 Å². The first-order valence-corrected chi connectivity index (χ1v) is 9.47. The summed E-state index contributed by atoms with van der Waals surface area (Å²) in [5.74, 6) is -1.89. The molecule has 24 heavy (non-hydrogen) atoms. The van der Waals surface area contributed by atoms with Gasteiger partial charge in [-0.05, 0) is 17.4 Å². The van der Waals surface area contributed by atoms with Gasteiger partial charge in [-0.1, -0.05) is 30.3 Å². The quantitative estimate of drug-likeness (QED) is 0.871. The van der Waals surface area contributed by atoms with Gasteiger partial charge in [-0.25, -0.2) is 13.2 Å². The molecule has 3 atom stereocenters. The van der Waals surface area contributed by atoms with Crippen molar-refractivity contribution in [3.8, 4) is 0 Å². The Bertz CT molecular complexity index is 732. The van der Waals surface area contributed by atoms with Gasteiger partial charge in [-0.2, -0.15) is 0 Å². The highest BCUT2D eigenvalue weighted by Gasteiger charge is 2.53. The second-order valence-electron chi connectivity index (χ2n) is 6.33. The largest absolute Gasteiger partial charge is 0.481 e. The van der Waals surface area contributed by atoms with E-state index in [1.54, 1.807) is 0 Å². The van der Waals surface area contributed by atoms with E-state index in [2.05, 4.69) is 0 Å². The van der Waals surface area contributed by atoms with Crippen molar-refractivity contribution >= 4 is 21.9 Å². The van der Waals surface area contributed by atoms with Gasteiger partial charge in [0.25, 0.3) is 0 Å². The standard InChI is InChI=1S/C16H19NO6S/c18-15(19)6-12-10-24(21,22)14-8-17(7-13(12)14)16(20)23-9-11-4-2-1-3-5-11/h1-5,12-14H,6-10H2,(H,18,19).